The summed E-state index contributed by atoms with van der Waals surface area (Å²) in [4.78, 5) is 116. The number of carbonyl (C=O) groups is 9. The summed E-state index contributed by atoms with van der Waals surface area (Å²) in [6, 6.07) is 6.29. The van der Waals surface area contributed by atoms with Gasteiger partial charge in [-0.15, -0.1) is 12.4 Å². The van der Waals surface area contributed by atoms with Crippen molar-refractivity contribution in [1.82, 2.24) is 51.5 Å². The van der Waals surface area contributed by atoms with Crippen molar-refractivity contribution >= 4 is 66.4 Å². The Labute approximate surface area is 742 Å². The van der Waals surface area contributed by atoms with E-state index >= 15 is 0 Å². The third kappa shape index (κ3) is 31.8. The van der Waals surface area contributed by atoms with E-state index in [9.17, 15) is 53.5 Å². The first-order valence-corrected chi connectivity index (χ1v) is 44.3. The van der Waals surface area contributed by atoms with Crippen LogP contribution >= 0.6 is 12.4 Å². The average Bonchev–Trinajstić information content (AvgIpc) is 1.63. The Morgan fingerprint density at radius 2 is 0.732 bits per heavy atom. The van der Waals surface area contributed by atoms with E-state index in [1.165, 1.54) is 0 Å². The molecule has 700 valence electrons. The molecular weight excluding hydrogens is 1590 g/mol. The van der Waals surface area contributed by atoms with E-state index in [1.54, 1.807) is 19.6 Å². The summed E-state index contributed by atoms with van der Waals surface area (Å²) < 4.78 is 39.2. The number of carbonyl (C=O) groups excluding carboxylic acids is 9. The number of nitriles is 3. The number of aliphatic hydroxyl groups excluding tert-OH is 1. The van der Waals surface area contributed by atoms with E-state index in [2.05, 4.69) is 50.1 Å². The van der Waals surface area contributed by atoms with Gasteiger partial charge < -0.3 is 84.9 Å². The van der Waals surface area contributed by atoms with Gasteiger partial charge in [-0.3, -0.25) is 24.1 Å². The minimum absolute atomic E-state index is 0. The topological polar surface area (TPSA) is 395 Å². The molecule has 31 heteroatoms. The van der Waals surface area contributed by atoms with Crippen LogP contribution in [-0.4, -0.2) is 231 Å². The first-order valence-electron chi connectivity index (χ1n) is 44.3. The summed E-state index contributed by atoms with van der Waals surface area (Å²) in [6.07, 6.45) is 20.6. The van der Waals surface area contributed by atoms with Gasteiger partial charge in [0.05, 0.1) is 50.6 Å². The number of rotatable bonds is 13. The Morgan fingerprint density at radius 1 is 0.439 bits per heavy atom. The van der Waals surface area contributed by atoms with Crippen molar-refractivity contribution < 1.29 is 81.4 Å². The minimum Gasteiger partial charge on any atom is -0.446 e. The number of ether oxygens (including phenoxy) is 7. The molecule has 0 radical (unpaired) electrons. The molecule has 4 heterocycles. The van der Waals surface area contributed by atoms with E-state index < -0.39 is 23.8 Å². The van der Waals surface area contributed by atoms with Crippen LogP contribution in [0.25, 0.3) is 0 Å². The van der Waals surface area contributed by atoms with Crippen LogP contribution in [0.3, 0.4) is 0 Å². The number of halogens is 1. The van der Waals surface area contributed by atoms with Gasteiger partial charge in [-0.2, -0.15) is 15.8 Å². The number of fused-ring (bicyclic) bond motifs is 5. The second-order valence-corrected chi connectivity index (χ2v) is 41.6. The highest BCUT2D eigenvalue weighted by Gasteiger charge is 2.54. The highest BCUT2D eigenvalue weighted by atomic mass is 35.5. The number of nitrogens with zero attached hydrogens (tertiary/aromatic N) is 7. The first-order chi connectivity index (χ1) is 55.4. The van der Waals surface area contributed by atoms with E-state index in [4.69, 9.17) is 43.7 Å². The Morgan fingerprint density at radius 3 is 1.02 bits per heavy atom. The number of aliphatic hydroxyl groups is 1. The molecule has 0 aromatic carbocycles. The highest BCUT2D eigenvalue weighted by molar-refractivity contribution is 5.85. The molecule has 1 spiro atoms. The molecule has 14 aliphatic rings. The summed E-state index contributed by atoms with van der Waals surface area (Å²) in [6.45, 7) is 32.6. The molecule has 14 rings (SSSR count). The molecule has 0 bridgehead atoms. The number of hydrogen-bond acceptors (Lipinski definition) is 22. The third-order valence-corrected chi connectivity index (χ3v) is 26.1. The summed E-state index contributed by atoms with van der Waals surface area (Å²) in [5, 5.41) is 55.2. The summed E-state index contributed by atoms with van der Waals surface area (Å²) in [7, 11) is 0. The lowest BCUT2D eigenvalue weighted by Gasteiger charge is -2.33. The fourth-order valence-electron chi connectivity index (χ4n) is 21.4. The van der Waals surface area contributed by atoms with Crippen LogP contribution in [0, 0.1) is 93.2 Å². The molecule has 21 atom stereocenters. The Balaban J connectivity index is 0.000000278. The molecule has 0 aromatic rings. The van der Waals surface area contributed by atoms with Gasteiger partial charge in [0.2, 0.25) is 17.7 Å². The van der Waals surface area contributed by atoms with Crippen molar-refractivity contribution in [2.75, 3.05) is 52.5 Å². The van der Waals surface area contributed by atoms with Crippen LogP contribution in [0.1, 0.15) is 301 Å². The third-order valence-electron chi connectivity index (χ3n) is 26.1. The van der Waals surface area contributed by atoms with Crippen molar-refractivity contribution in [3.8, 4) is 18.2 Å². The molecule has 123 heavy (non-hydrogen) atoms. The zero-order valence-corrected chi connectivity index (χ0v) is 74.5. The van der Waals surface area contributed by atoms with E-state index in [1.807, 2.05) is 104 Å². The van der Waals surface area contributed by atoms with Gasteiger partial charge in [-0.1, -0.05) is 29.7 Å². The van der Waals surface area contributed by atoms with Crippen LogP contribution in [0.5, 0.6) is 0 Å². The molecule has 4 saturated heterocycles. The zero-order valence-electron chi connectivity index (χ0n) is 73.7. The van der Waals surface area contributed by atoms with E-state index in [0.717, 1.165) is 161 Å². The number of nitrogens with one attached hydrogen (secondary N) is 6. The van der Waals surface area contributed by atoms with E-state index in [0.29, 0.717) is 129 Å². The van der Waals surface area contributed by atoms with Crippen molar-refractivity contribution in [2.24, 2.45) is 59.2 Å². The van der Waals surface area contributed by atoms with Gasteiger partial charge in [-0.25, -0.2) is 24.0 Å². The number of alkyl carbamates (subject to hydrolysis) is 4. The molecule has 8 amide bonds. The Hall–Kier alpha value is -7.01. The molecule has 4 aliphatic heterocycles. The number of likely N-dealkylation sites (tertiary alicyclic amines) is 3. The van der Waals surface area contributed by atoms with Gasteiger partial charge in [0.1, 0.15) is 60.5 Å². The van der Waals surface area contributed by atoms with Crippen molar-refractivity contribution in [3.63, 3.8) is 0 Å². The normalized spacial score (nSPS) is 31.8. The SMILES string of the molecule is C.C.C.C.CC(C)(C)NC(=O)OC1C[C@@H]2CC(N(CC(=O)N3CCC[C@H]3C#N)C(=O)OC(C)(C)C)C[C@@H]2C1.CC(C)(C)NC(=O)OC1C[C@H]2CC(=O)C[C@H]2C1.CC(C)(C)NC(=O)OC1C[C@H]2CC(NCC(=O)N3CCC[C@H]3C#N)C[C@H]2C1.CC(C)(C)NC(=O)OC1C[C@H]2CC(NCC(=O)N3CCC[C@H]3C#N)C[C@H]2C1.Cl.OC1C[C@@H]2CC3(C[C@@H]2C1)OCCO3. The predicted molar refractivity (Wildman–Crippen MR) is 471 cm³/mol. The number of ketones is 1. The second kappa shape index (κ2) is 45.6. The quantitative estimate of drug-likeness (QED) is 0.0842. The second-order valence-electron chi connectivity index (χ2n) is 41.6. The summed E-state index contributed by atoms with van der Waals surface area (Å²) in [5.74, 6) is 5.10. The van der Waals surface area contributed by atoms with Gasteiger partial charge in [0, 0.05) is 85.6 Å². The molecule has 8 unspecified atom stereocenters. The summed E-state index contributed by atoms with van der Waals surface area (Å²) >= 11 is 0. The van der Waals surface area contributed by atoms with Crippen molar-refractivity contribution in [1.29, 1.82) is 15.8 Å². The molecule has 7 N–H and O–H groups in total. The fourth-order valence-corrected chi connectivity index (χ4v) is 21.4. The largest absolute Gasteiger partial charge is 0.446 e. The Kier molecular flexibility index (Phi) is 39.5. The summed E-state index contributed by atoms with van der Waals surface area (Å²) in [5.41, 5.74) is -1.85. The lowest BCUT2D eigenvalue weighted by Crippen LogP contribution is -2.49. The maximum atomic E-state index is 13.1. The minimum atomic E-state index is -0.672. The van der Waals surface area contributed by atoms with Gasteiger partial charge in [0.15, 0.2) is 5.79 Å². The molecule has 10 aliphatic carbocycles. The fraction of sp³-hybridized carbons (Fsp3) is 0.870. The van der Waals surface area contributed by atoms with Crippen molar-refractivity contribution in [3.05, 3.63) is 0 Å². The molecule has 30 nitrogen and oxygen atoms in total. The van der Waals surface area contributed by atoms with Crippen molar-refractivity contribution in [2.45, 2.75) is 401 Å². The van der Waals surface area contributed by atoms with Gasteiger partial charge in [-0.05, 0) is 304 Å². The average molecular weight is 1750 g/mol. The van der Waals surface area contributed by atoms with Crippen LogP contribution < -0.4 is 31.9 Å². The molecular formula is C92H158ClN13O17. The van der Waals surface area contributed by atoms with Gasteiger partial charge >= 0.3 is 30.5 Å². The zero-order chi connectivity index (χ0) is 86.0. The van der Waals surface area contributed by atoms with E-state index in [-0.39, 0.29) is 161 Å². The monoisotopic (exact) mass is 1750 g/mol. The number of amides is 8. The Bertz CT molecular complexity index is 3450. The smallest absolute Gasteiger partial charge is 0.411 e. The van der Waals surface area contributed by atoms with Crippen LogP contribution in [0.15, 0.2) is 0 Å². The highest BCUT2D eigenvalue weighted by Crippen LogP contribution is 2.53. The number of Topliss-reactive ketones (excluding diaryl/α,β-unsaturated/α-hetero) is 1. The molecule has 14 fully saturated rings. The maximum absolute atomic E-state index is 13.1. The molecule has 10 saturated carbocycles. The van der Waals surface area contributed by atoms with Gasteiger partial charge in [0.25, 0.3) is 0 Å². The first kappa shape index (κ1) is 107. The van der Waals surface area contributed by atoms with Crippen LogP contribution in [0.4, 0.5) is 24.0 Å². The number of hydrogen-bond donors (Lipinski definition) is 7. The predicted octanol–water partition coefficient (Wildman–Crippen LogP) is 14.3. The maximum Gasteiger partial charge on any atom is 0.411 e. The van der Waals surface area contributed by atoms with Crippen LogP contribution in [0.2, 0.25) is 0 Å². The lowest BCUT2D eigenvalue weighted by molar-refractivity contribution is -0.156. The molecule has 0 aromatic heterocycles. The standard InChI is InChI=1S/C25H40N4O5.2C20H32N4O3.C13H21NO3.C10H16O3.4CH4.ClH/c1-24(2,3)27-22(31)33-20-12-16-10-19(11-17(16)13-20)29(23(32)34-25(4,5)6)15-21(30)28-9-7-8-18(28)14-26;2*1-20(2,3)23-19(26)27-17-9-13-7-15(8-14(13)10-17)22-12-18(25)24-6-4-5-16(24)11-21;1-13(2,3)14-12(16)17-11-6-8-4-10(15)5-9(8)7-11;11-9-3-7-5-10(6-8(7)4-9)12-1-2-13-10;;;;;/h16-20H,7-13,15H2,1-6H3,(H,27,31);2*13-17,22H,4-10,12H2,1-3H3,(H,23,26);8-9,11H,4-7H2,1-3H3,(H,14,16);7-9,11H,1-6H2;4*1H4;1H/t16-,17+,18-,19?,20?;2*13-,14+,15?,16-,17?;8-,9+,11?;7-,8+,9?;;;;;/m000......./s1. The lowest BCUT2D eigenvalue weighted by atomic mass is 10.0. The van der Waals surface area contributed by atoms with Crippen LogP contribution in [-0.2, 0) is 52.3 Å².